The van der Waals surface area contributed by atoms with Gasteiger partial charge in [0.15, 0.2) is 0 Å². The SMILES string of the molecule is CCc1ccc(OCCOC)cc1C(F)(F)F. The molecular weight excluding hydrogens is 233 g/mol. The van der Waals surface area contributed by atoms with Crippen LogP contribution in [0.25, 0.3) is 0 Å². The van der Waals surface area contributed by atoms with Crippen molar-refractivity contribution in [1.29, 1.82) is 0 Å². The smallest absolute Gasteiger partial charge is 0.416 e. The summed E-state index contributed by atoms with van der Waals surface area (Å²) >= 11 is 0. The van der Waals surface area contributed by atoms with Crippen LogP contribution in [0.4, 0.5) is 13.2 Å². The highest BCUT2D eigenvalue weighted by molar-refractivity contribution is 5.37. The molecule has 0 unspecified atom stereocenters. The van der Waals surface area contributed by atoms with Crippen LogP contribution in [0.15, 0.2) is 18.2 Å². The zero-order valence-electron chi connectivity index (χ0n) is 9.80. The van der Waals surface area contributed by atoms with Crippen LogP contribution in [0.3, 0.4) is 0 Å². The monoisotopic (exact) mass is 248 g/mol. The highest BCUT2D eigenvalue weighted by Crippen LogP contribution is 2.34. The lowest BCUT2D eigenvalue weighted by Gasteiger charge is -2.14. The second kappa shape index (κ2) is 5.91. The van der Waals surface area contributed by atoms with Gasteiger partial charge in [0.2, 0.25) is 0 Å². The third-order valence-electron chi connectivity index (χ3n) is 2.32. The van der Waals surface area contributed by atoms with Crippen LogP contribution in [-0.2, 0) is 17.3 Å². The third-order valence-corrected chi connectivity index (χ3v) is 2.32. The molecule has 0 aromatic heterocycles. The van der Waals surface area contributed by atoms with Crippen molar-refractivity contribution in [3.8, 4) is 5.75 Å². The fourth-order valence-corrected chi connectivity index (χ4v) is 1.46. The molecule has 0 atom stereocenters. The molecular formula is C12H15F3O2. The standard InChI is InChI=1S/C12H15F3O2/c1-3-9-4-5-10(17-7-6-16-2)8-11(9)12(13,14)15/h4-5,8H,3,6-7H2,1-2H3. The molecule has 0 saturated heterocycles. The van der Waals surface area contributed by atoms with E-state index in [2.05, 4.69) is 0 Å². The Bertz CT molecular complexity index is 361. The van der Waals surface area contributed by atoms with Crippen molar-refractivity contribution in [2.45, 2.75) is 19.5 Å². The predicted octanol–water partition coefficient (Wildman–Crippen LogP) is 3.29. The van der Waals surface area contributed by atoms with Gasteiger partial charge in [-0.25, -0.2) is 0 Å². The summed E-state index contributed by atoms with van der Waals surface area (Å²) in [6.45, 7) is 2.27. The summed E-state index contributed by atoms with van der Waals surface area (Å²) in [7, 11) is 1.50. The number of halogens is 3. The Labute approximate surface area is 98.3 Å². The van der Waals surface area contributed by atoms with Crippen molar-refractivity contribution < 1.29 is 22.6 Å². The number of alkyl halides is 3. The van der Waals surface area contributed by atoms with Crippen molar-refractivity contribution in [3.63, 3.8) is 0 Å². The van der Waals surface area contributed by atoms with E-state index in [0.717, 1.165) is 6.07 Å². The van der Waals surface area contributed by atoms with Crippen molar-refractivity contribution >= 4 is 0 Å². The Morgan fingerprint density at radius 2 is 1.88 bits per heavy atom. The minimum atomic E-state index is -4.34. The van der Waals surface area contributed by atoms with E-state index >= 15 is 0 Å². The molecule has 0 fully saturated rings. The van der Waals surface area contributed by atoms with Gasteiger partial charge in [-0.3, -0.25) is 0 Å². The molecule has 0 bridgehead atoms. The Kier molecular flexibility index (Phi) is 4.81. The lowest BCUT2D eigenvalue weighted by atomic mass is 10.0. The molecule has 0 aliphatic carbocycles. The molecule has 0 N–H and O–H groups in total. The highest BCUT2D eigenvalue weighted by Gasteiger charge is 2.33. The first-order valence-corrected chi connectivity index (χ1v) is 5.31. The van der Waals surface area contributed by atoms with Gasteiger partial charge in [0.05, 0.1) is 12.2 Å². The van der Waals surface area contributed by atoms with Gasteiger partial charge in [-0.2, -0.15) is 13.2 Å². The molecule has 0 heterocycles. The summed E-state index contributed by atoms with van der Waals surface area (Å²) in [5.41, 5.74) is -0.355. The van der Waals surface area contributed by atoms with Crippen molar-refractivity contribution in [2.75, 3.05) is 20.3 Å². The molecule has 0 amide bonds. The molecule has 0 radical (unpaired) electrons. The summed E-state index contributed by atoms with van der Waals surface area (Å²) in [6, 6.07) is 4.03. The highest BCUT2D eigenvalue weighted by atomic mass is 19.4. The lowest BCUT2D eigenvalue weighted by molar-refractivity contribution is -0.138. The number of rotatable bonds is 5. The minimum Gasteiger partial charge on any atom is -0.491 e. The van der Waals surface area contributed by atoms with Gasteiger partial charge in [-0.15, -0.1) is 0 Å². The molecule has 1 aromatic rings. The largest absolute Gasteiger partial charge is 0.491 e. The fraction of sp³-hybridized carbons (Fsp3) is 0.500. The van der Waals surface area contributed by atoms with Crippen molar-refractivity contribution in [3.05, 3.63) is 29.3 Å². The Morgan fingerprint density at radius 1 is 1.18 bits per heavy atom. The molecule has 1 aromatic carbocycles. The van der Waals surface area contributed by atoms with Crippen molar-refractivity contribution in [1.82, 2.24) is 0 Å². The zero-order chi connectivity index (χ0) is 12.9. The van der Waals surface area contributed by atoms with Crippen LogP contribution in [0.5, 0.6) is 5.75 Å². The molecule has 0 aliphatic heterocycles. The summed E-state index contributed by atoms with van der Waals surface area (Å²) in [6.07, 6.45) is -4.00. The van der Waals surface area contributed by atoms with Gasteiger partial charge in [-0.05, 0) is 24.1 Å². The van der Waals surface area contributed by atoms with E-state index in [-0.39, 0.29) is 17.9 Å². The van der Waals surface area contributed by atoms with Gasteiger partial charge < -0.3 is 9.47 Å². The third kappa shape index (κ3) is 3.93. The maximum atomic E-state index is 12.7. The zero-order valence-corrected chi connectivity index (χ0v) is 9.80. The fourth-order valence-electron chi connectivity index (χ4n) is 1.46. The second-order valence-corrected chi connectivity index (χ2v) is 3.51. The summed E-state index contributed by atoms with van der Waals surface area (Å²) in [5, 5.41) is 0. The van der Waals surface area contributed by atoms with Gasteiger partial charge in [0.25, 0.3) is 0 Å². The summed E-state index contributed by atoms with van der Waals surface area (Å²) in [5.74, 6) is 0.214. The van der Waals surface area contributed by atoms with E-state index in [4.69, 9.17) is 9.47 Å². The van der Waals surface area contributed by atoms with Crippen LogP contribution in [0, 0.1) is 0 Å². The second-order valence-electron chi connectivity index (χ2n) is 3.51. The topological polar surface area (TPSA) is 18.5 Å². The van der Waals surface area contributed by atoms with Crippen LogP contribution >= 0.6 is 0 Å². The van der Waals surface area contributed by atoms with Gasteiger partial charge in [-0.1, -0.05) is 13.0 Å². The molecule has 2 nitrogen and oxygen atoms in total. The minimum absolute atomic E-state index is 0.214. The number of aryl methyl sites for hydroxylation is 1. The number of benzene rings is 1. The van der Waals surface area contributed by atoms with E-state index in [1.165, 1.54) is 13.2 Å². The van der Waals surface area contributed by atoms with Gasteiger partial charge in [0, 0.05) is 7.11 Å². The average Bonchev–Trinajstić information content (AvgIpc) is 2.28. The van der Waals surface area contributed by atoms with Crippen LogP contribution in [0.1, 0.15) is 18.1 Å². The Hall–Kier alpha value is -1.23. The molecule has 17 heavy (non-hydrogen) atoms. The molecule has 5 heteroatoms. The van der Waals surface area contributed by atoms with Crippen molar-refractivity contribution in [2.24, 2.45) is 0 Å². The summed E-state index contributed by atoms with van der Waals surface area (Å²) in [4.78, 5) is 0. The van der Waals surface area contributed by atoms with Crippen LogP contribution in [0.2, 0.25) is 0 Å². The average molecular weight is 248 g/mol. The summed E-state index contributed by atoms with van der Waals surface area (Å²) < 4.78 is 48.1. The van der Waals surface area contributed by atoms with E-state index < -0.39 is 11.7 Å². The molecule has 0 spiro atoms. The number of ether oxygens (including phenoxy) is 2. The first kappa shape index (κ1) is 13.8. The number of hydrogen-bond acceptors (Lipinski definition) is 2. The number of methoxy groups -OCH3 is 1. The predicted molar refractivity (Wildman–Crippen MR) is 58.2 cm³/mol. The molecule has 1 rings (SSSR count). The first-order valence-electron chi connectivity index (χ1n) is 5.31. The Morgan fingerprint density at radius 3 is 2.41 bits per heavy atom. The molecule has 0 saturated carbocycles. The normalized spacial score (nSPS) is 11.6. The van der Waals surface area contributed by atoms with E-state index in [1.54, 1.807) is 13.0 Å². The quantitative estimate of drug-likeness (QED) is 0.744. The first-order chi connectivity index (χ1) is 7.99. The molecule has 96 valence electrons. The van der Waals surface area contributed by atoms with E-state index in [1.807, 2.05) is 0 Å². The lowest BCUT2D eigenvalue weighted by Crippen LogP contribution is -2.10. The maximum Gasteiger partial charge on any atom is 0.416 e. The molecule has 0 aliphatic rings. The maximum absolute atomic E-state index is 12.7. The van der Waals surface area contributed by atoms with E-state index in [0.29, 0.717) is 13.0 Å². The van der Waals surface area contributed by atoms with Crippen LogP contribution < -0.4 is 4.74 Å². The van der Waals surface area contributed by atoms with E-state index in [9.17, 15) is 13.2 Å². The number of hydrogen-bond donors (Lipinski definition) is 0. The van der Waals surface area contributed by atoms with Gasteiger partial charge in [0.1, 0.15) is 12.4 Å². The van der Waals surface area contributed by atoms with Crippen LogP contribution in [-0.4, -0.2) is 20.3 Å². The Balaban J connectivity index is 2.89. The van der Waals surface area contributed by atoms with Gasteiger partial charge >= 0.3 is 6.18 Å².